The van der Waals surface area contributed by atoms with Crippen LogP contribution >= 0.6 is 23.7 Å². The molecule has 7 heteroatoms. The second kappa shape index (κ2) is 7.54. The molecule has 118 valence electrons. The van der Waals surface area contributed by atoms with E-state index in [1.165, 1.54) is 11.3 Å². The van der Waals surface area contributed by atoms with Gasteiger partial charge in [0.25, 0.3) is 5.91 Å². The number of ether oxygens (including phenoxy) is 1. The minimum absolute atomic E-state index is 0. The zero-order chi connectivity index (χ0) is 13.9. The molecule has 2 heterocycles. The third-order valence-corrected chi connectivity index (χ3v) is 4.77. The topological polar surface area (TPSA) is 68.5 Å². The summed E-state index contributed by atoms with van der Waals surface area (Å²) < 4.78 is 5.41. The van der Waals surface area contributed by atoms with Crippen molar-refractivity contribution in [3.63, 3.8) is 0 Å². The number of halogens is 1. The van der Waals surface area contributed by atoms with Crippen LogP contribution in [-0.4, -0.2) is 48.1 Å². The maximum atomic E-state index is 12.6. The Morgan fingerprint density at radius 1 is 1.48 bits per heavy atom. The highest BCUT2D eigenvalue weighted by molar-refractivity contribution is 7.09. The number of aromatic nitrogens is 1. The van der Waals surface area contributed by atoms with Crippen molar-refractivity contribution in [3.8, 4) is 0 Å². The highest BCUT2D eigenvalue weighted by atomic mass is 35.5. The van der Waals surface area contributed by atoms with Crippen LogP contribution in [0.4, 0.5) is 0 Å². The number of amides is 1. The van der Waals surface area contributed by atoms with Crippen molar-refractivity contribution < 1.29 is 9.53 Å². The lowest BCUT2D eigenvalue weighted by Gasteiger charge is -2.24. The largest absolute Gasteiger partial charge is 0.381 e. The number of rotatable bonds is 6. The van der Waals surface area contributed by atoms with Crippen molar-refractivity contribution >= 4 is 29.7 Å². The Morgan fingerprint density at radius 2 is 2.29 bits per heavy atom. The second-order valence-corrected chi connectivity index (χ2v) is 6.53. The molecular formula is C14H22ClN3O2S. The van der Waals surface area contributed by atoms with Gasteiger partial charge >= 0.3 is 0 Å². The summed E-state index contributed by atoms with van der Waals surface area (Å²) in [6, 6.07) is 0.419. The van der Waals surface area contributed by atoms with Crippen LogP contribution in [-0.2, 0) is 11.2 Å². The van der Waals surface area contributed by atoms with Gasteiger partial charge in [-0.1, -0.05) is 0 Å². The first-order chi connectivity index (χ1) is 9.78. The number of nitrogens with two attached hydrogens (primary N) is 1. The minimum atomic E-state index is 0. The molecule has 21 heavy (non-hydrogen) atoms. The summed E-state index contributed by atoms with van der Waals surface area (Å²) in [6.45, 7) is 3.00. The zero-order valence-electron chi connectivity index (χ0n) is 12.0. The summed E-state index contributed by atoms with van der Waals surface area (Å²) in [5.41, 5.74) is 6.12. The molecule has 1 saturated heterocycles. The van der Waals surface area contributed by atoms with Gasteiger partial charge in [0, 0.05) is 36.9 Å². The van der Waals surface area contributed by atoms with Crippen LogP contribution in [0.5, 0.6) is 0 Å². The Balaban J connectivity index is 0.00000161. The van der Waals surface area contributed by atoms with Crippen molar-refractivity contribution in [2.45, 2.75) is 31.7 Å². The normalized spacial score (nSPS) is 21.1. The summed E-state index contributed by atoms with van der Waals surface area (Å²) in [5, 5.41) is 2.82. The van der Waals surface area contributed by atoms with Gasteiger partial charge in [-0.15, -0.1) is 23.7 Å². The Bertz CT molecular complexity index is 473. The number of hydrogen-bond donors (Lipinski definition) is 1. The molecule has 3 rings (SSSR count). The SMILES string of the molecule is Cl.NCCc1nc(C(=O)N(CC2CCOC2)C2CC2)cs1. The second-order valence-electron chi connectivity index (χ2n) is 5.58. The first-order valence-electron chi connectivity index (χ1n) is 7.31. The van der Waals surface area contributed by atoms with E-state index in [9.17, 15) is 4.79 Å². The van der Waals surface area contributed by atoms with Crippen LogP contribution in [0.15, 0.2) is 5.38 Å². The van der Waals surface area contributed by atoms with Gasteiger partial charge in [0.15, 0.2) is 0 Å². The van der Waals surface area contributed by atoms with Crippen LogP contribution < -0.4 is 5.73 Å². The summed E-state index contributed by atoms with van der Waals surface area (Å²) in [6.07, 6.45) is 4.06. The van der Waals surface area contributed by atoms with Gasteiger partial charge in [-0.3, -0.25) is 4.79 Å². The molecule has 1 aliphatic carbocycles. The number of thiazole rings is 1. The molecule has 2 fully saturated rings. The first-order valence-corrected chi connectivity index (χ1v) is 8.19. The van der Waals surface area contributed by atoms with Crippen molar-refractivity contribution in [3.05, 3.63) is 16.1 Å². The predicted octanol–water partition coefficient (Wildman–Crippen LogP) is 1.71. The Hall–Kier alpha value is -0.690. The maximum Gasteiger partial charge on any atom is 0.273 e. The fourth-order valence-electron chi connectivity index (χ4n) is 2.58. The number of carbonyl (C=O) groups excluding carboxylic acids is 1. The molecule has 1 aliphatic heterocycles. The summed E-state index contributed by atoms with van der Waals surface area (Å²) in [5.74, 6) is 0.570. The molecule has 1 amide bonds. The molecule has 0 aromatic carbocycles. The third kappa shape index (κ3) is 4.16. The van der Waals surface area contributed by atoms with E-state index in [0.717, 1.165) is 50.4 Å². The molecule has 1 aromatic rings. The van der Waals surface area contributed by atoms with E-state index in [1.54, 1.807) is 0 Å². The van der Waals surface area contributed by atoms with E-state index in [4.69, 9.17) is 10.5 Å². The van der Waals surface area contributed by atoms with E-state index in [2.05, 4.69) is 4.98 Å². The molecular weight excluding hydrogens is 310 g/mol. The van der Waals surface area contributed by atoms with E-state index in [0.29, 0.717) is 24.2 Å². The Morgan fingerprint density at radius 3 is 2.90 bits per heavy atom. The van der Waals surface area contributed by atoms with Gasteiger partial charge in [-0.05, 0) is 25.8 Å². The van der Waals surface area contributed by atoms with Gasteiger partial charge in [0.1, 0.15) is 5.69 Å². The molecule has 0 spiro atoms. The quantitative estimate of drug-likeness (QED) is 0.861. The van der Waals surface area contributed by atoms with Crippen LogP contribution in [0.3, 0.4) is 0 Å². The van der Waals surface area contributed by atoms with Crippen molar-refractivity contribution in [1.82, 2.24) is 9.88 Å². The van der Waals surface area contributed by atoms with E-state index < -0.39 is 0 Å². The van der Waals surface area contributed by atoms with Crippen molar-refractivity contribution in [2.75, 3.05) is 26.3 Å². The smallest absolute Gasteiger partial charge is 0.273 e. The number of carbonyl (C=O) groups is 1. The number of hydrogen-bond acceptors (Lipinski definition) is 5. The van der Waals surface area contributed by atoms with Gasteiger partial charge in [-0.25, -0.2) is 4.98 Å². The molecule has 5 nitrogen and oxygen atoms in total. The van der Waals surface area contributed by atoms with Gasteiger partial charge in [0.2, 0.25) is 0 Å². The van der Waals surface area contributed by atoms with Crippen LogP contribution in [0.1, 0.15) is 34.8 Å². The fraction of sp³-hybridized carbons (Fsp3) is 0.714. The van der Waals surface area contributed by atoms with Crippen LogP contribution in [0.2, 0.25) is 0 Å². The first kappa shape index (κ1) is 16.7. The standard InChI is InChI=1S/C14H21N3O2S.ClH/c15-5-3-13-16-12(9-20-13)14(18)17(11-1-2-11)7-10-4-6-19-8-10;/h9-11H,1-8,15H2;1H. The predicted molar refractivity (Wildman–Crippen MR) is 85.1 cm³/mol. The lowest BCUT2D eigenvalue weighted by molar-refractivity contribution is 0.0701. The molecule has 1 unspecified atom stereocenters. The summed E-state index contributed by atoms with van der Waals surface area (Å²) >= 11 is 1.53. The molecule has 0 bridgehead atoms. The Labute approximate surface area is 135 Å². The number of nitrogens with zero attached hydrogens (tertiary/aromatic N) is 2. The highest BCUT2D eigenvalue weighted by Crippen LogP contribution is 2.30. The molecule has 2 aliphatic rings. The molecule has 0 radical (unpaired) electrons. The molecule has 1 atom stereocenters. The summed E-state index contributed by atoms with van der Waals surface area (Å²) in [4.78, 5) is 19.1. The van der Waals surface area contributed by atoms with E-state index in [1.807, 2.05) is 10.3 Å². The average Bonchev–Trinajstić information content (AvgIpc) is 2.97. The van der Waals surface area contributed by atoms with E-state index in [-0.39, 0.29) is 18.3 Å². The zero-order valence-corrected chi connectivity index (χ0v) is 13.6. The van der Waals surface area contributed by atoms with Gasteiger partial charge < -0.3 is 15.4 Å². The molecule has 1 saturated carbocycles. The Kier molecular flexibility index (Phi) is 5.98. The van der Waals surface area contributed by atoms with Crippen molar-refractivity contribution in [1.29, 1.82) is 0 Å². The third-order valence-electron chi connectivity index (χ3n) is 3.86. The minimum Gasteiger partial charge on any atom is -0.381 e. The summed E-state index contributed by atoms with van der Waals surface area (Å²) in [7, 11) is 0. The average molecular weight is 332 g/mol. The monoisotopic (exact) mass is 331 g/mol. The molecule has 1 aromatic heterocycles. The fourth-order valence-corrected chi connectivity index (χ4v) is 3.37. The van der Waals surface area contributed by atoms with Gasteiger partial charge in [-0.2, -0.15) is 0 Å². The van der Waals surface area contributed by atoms with Crippen LogP contribution in [0.25, 0.3) is 0 Å². The highest BCUT2D eigenvalue weighted by Gasteiger charge is 2.35. The lowest BCUT2D eigenvalue weighted by atomic mass is 10.1. The maximum absolute atomic E-state index is 12.6. The van der Waals surface area contributed by atoms with Crippen LogP contribution in [0, 0.1) is 5.92 Å². The molecule has 2 N–H and O–H groups in total. The lowest BCUT2D eigenvalue weighted by Crippen LogP contribution is -2.37. The van der Waals surface area contributed by atoms with Crippen molar-refractivity contribution in [2.24, 2.45) is 11.7 Å². The van der Waals surface area contributed by atoms with E-state index >= 15 is 0 Å². The van der Waals surface area contributed by atoms with Gasteiger partial charge in [0.05, 0.1) is 11.6 Å².